The number of fused-ring (bicyclic) bond motifs is 1. The molecule has 0 saturated heterocycles. The van der Waals surface area contributed by atoms with E-state index in [1.54, 1.807) is 6.08 Å². The summed E-state index contributed by atoms with van der Waals surface area (Å²) >= 11 is 1.23. The number of carbonyl (C=O) groups excluding carboxylic acids is 1. The van der Waals surface area contributed by atoms with E-state index >= 15 is 0 Å². The summed E-state index contributed by atoms with van der Waals surface area (Å²) in [6, 6.07) is 22.8. The molecule has 0 radical (unpaired) electrons. The third-order valence-corrected chi connectivity index (χ3v) is 6.61. The van der Waals surface area contributed by atoms with Crippen LogP contribution in [0.15, 0.2) is 88.5 Å². The van der Waals surface area contributed by atoms with Crippen LogP contribution in [0.2, 0.25) is 0 Å². The van der Waals surface area contributed by atoms with Gasteiger partial charge in [0.05, 0.1) is 5.57 Å². The molecule has 9 heteroatoms. The fourth-order valence-electron chi connectivity index (χ4n) is 3.85. The molecule has 5 rings (SSSR count). The number of nitrogens with one attached hydrogen (secondary N) is 1. The number of amidine groups is 2. The number of rotatable bonds is 9. The van der Waals surface area contributed by atoms with E-state index in [1.165, 1.54) is 22.3 Å². The second-order valence-electron chi connectivity index (χ2n) is 8.65. The molecule has 0 aromatic heterocycles. The van der Waals surface area contributed by atoms with Crippen LogP contribution < -0.4 is 14.2 Å². The number of amides is 1. The average molecular weight is 527 g/mol. The van der Waals surface area contributed by atoms with E-state index in [1.807, 2.05) is 73.7 Å². The van der Waals surface area contributed by atoms with Crippen LogP contribution in [0.1, 0.15) is 16.7 Å². The minimum absolute atomic E-state index is 0.0221. The van der Waals surface area contributed by atoms with E-state index in [0.29, 0.717) is 29.2 Å². The third kappa shape index (κ3) is 5.95. The van der Waals surface area contributed by atoms with Gasteiger partial charge in [-0.25, -0.2) is 0 Å². The summed E-state index contributed by atoms with van der Waals surface area (Å²) in [6.07, 6.45) is 1.64. The van der Waals surface area contributed by atoms with Crippen molar-refractivity contribution in [2.75, 3.05) is 19.8 Å². The van der Waals surface area contributed by atoms with Gasteiger partial charge in [0.2, 0.25) is 5.17 Å². The predicted molar refractivity (Wildman–Crippen MR) is 150 cm³/mol. The number of thioether (sulfide) groups is 1. The number of hydrogen-bond acceptors (Lipinski definition) is 7. The van der Waals surface area contributed by atoms with Gasteiger partial charge < -0.3 is 14.2 Å². The van der Waals surface area contributed by atoms with Crippen molar-refractivity contribution in [3.05, 3.63) is 95.1 Å². The first-order valence-corrected chi connectivity index (χ1v) is 12.9. The van der Waals surface area contributed by atoms with Gasteiger partial charge in [0.15, 0.2) is 5.84 Å². The fourth-order valence-corrected chi connectivity index (χ4v) is 4.65. The molecule has 192 valence electrons. The first-order chi connectivity index (χ1) is 18.5. The van der Waals surface area contributed by atoms with Crippen LogP contribution in [-0.4, -0.2) is 46.8 Å². The number of para-hydroxylation sites is 1. The molecule has 1 amide bonds. The molecule has 0 unspecified atom stereocenters. The largest absolute Gasteiger partial charge is 0.490 e. The number of nitrogens with zero attached hydrogens (tertiary/aromatic N) is 3. The van der Waals surface area contributed by atoms with Crippen LogP contribution in [-0.2, 0) is 4.79 Å². The van der Waals surface area contributed by atoms with Crippen molar-refractivity contribution in [3.8, 4) is 17.2 Å². The molecule has 1 N–H and O–H groups in total. The SMILES string of the molecule is Cc1ccc(OCCOc2ccc(/C=C3/C(=N)N4N=C(COc5ccccc5)SC4=NC3=O)cc2)c(C)c1. The monoisotopic (exact) mass is 526 g/mol. The molecule has 0 atom stereocenters. The Labute approximate surface area is 225 Å². The predicted octanol–water partition coefficient (Wildman–Crippen LogP) is 5.46. The fraction of sp³-hybridized carbons (Fsp3) is 0.172. The highest BCUT2D eigenvalue weighted by Gasteiger charge is 2.35. The first kappa shape index (κ1) is 25.3. The number of hydrogen-bond donors (Lipinski definition) is 1. The standard InChI is InChI=1S/C29H26N4O4S/c1-19-8-13-25(20(2)16-19)36-15-14-35-23-11-9-21(10-12-23)17-24-27(30)33-29(31-28(24)34)38-26(32-33)18-37-22-6-4-3-5-7-22/h3-13,16-17,30H,14-15,18H2,1-2H3/b24-17-,30-27?. The second-order valence-corrected chi connectivity index (χ2v) is 9.69. The number of aliphatic imine (C=N–C) groups is 1. The highest BCUT2D eigenvalue weighted by atomic mass is 32.2. The van der Waals surface area contributed by atoms with Gasteiger partial charge in [0, 0.05) is 0 Å². The lowest BCUT2D eigenvalue weighted by Gasteiger charge is -2.20. The van der Waals surface area contributed by atoms with E-state index in [0.717, 1.165) is 22.6 Å². The summed E-state index contributed by atoms with van der Waals surface area (Å²) in [5.41, 5.74) is 3.21. The normalized spacial score (nSPS) is 15.7. The average Bonchev–Trinajstić information content (AvgIpc) is 3.33. The number of ether oxygens (including phenoxy) is 3. The summed E-state index contributed by atoms with van der Waals surface area (Å²) < 4.78 is 17.3. The molecule has 0 bridgehead atoms. The van der Waals surface area contributed by atoms with E-state index in [-0.39, 0.29) is 18.0 Å². The lowest BCUT2D eigenvalue weighted by molar-refractivity contribution is -0.114. The van der Waals surface area contributed by atoms with Crippen molar-refractivity contribution in [1.29, 1.82) is 5.41 Å². The maximum absolute atomic E-state index is 12.7. The van der Waals surface area contributed by atoms with Gasteiger partial charge in [-0.2, -0.15) is 15.1 Å². The second kappa shape index (κ2) is 11.4. The molecule has 38 heavy (non-hydrogen) atoms. The van der Waals surface area contributed by atoms with E-state index in [4.69, 9.17) is 19.6 Å². The first-order valence-electron chi connectivity index (χ1n) is 12.1. The van der Waals surface area contributed by atoms with Gasteiger partial charge in [0.1, 0.15) is 42.1 Å². The van der Waals surface area contributed by atoms with Crippen molar-refractivity contribution in [3.63, 3.8) is 0 Å². The zero-order valence-electron chi connectivity index (χ0n) is 21.0. The molecule has 2 aliphatic rings. The molecular formula is C29H26N4O4S. The van der Waals surface area contributed by atoms with Gasteiger partial charge >= 0.3 is 0 Å². The summed E-state index contributed by atoms with van der Waals surface area (Å²) in [7, 11) is 0. The van der Waals surface area contributed by atoms with Crippen molar-refractivity contribution >= 4 is 39.8 Å². The van der Waals surface area contributed by atoms with Gasteiger partial charge in [-0.3, -0.25) is 10.2 Å². The molecule has 8 nitrogen and oxygen atoms in total. The topological polar surface area (TPSA) is 96.6 Å². The Kier molecular flexibility index (Phi) is 7.55. The van der Waals surface area contributed by atoms with Crippen LogP contribution in [0, 0.1) is 19.3 Å². The van der Waals surface area contributed by atoms with Gasteiger partial charge in [0.25, 0.3) is 5.91 Å². The Morgan fingerprint density at radius 1 is 0.921 bits per heavy atom. The third-order valence-electron chi connectivity index (χ3n) is 5.73. The van der Waals surface area contributed by atoms with Gasteiger partial charge in [-0.1, -0.05) is 48.0 Å². The molecule has 2 aliphatic heterocycles. The Morgan fingerprint density at radius 3 is 2.42 bits per heavy atom. The molecule has 0 fully saturated rings. The number of benzene rings is 3. The van der Waals surface area contributed by atoms with Gasteiger partial charge in [-0.15, -0.1) is 0 Å². The van der Waals surface area contributed by atoms with Crippen LogP contribution >= 0.6 is 11.8 Å². The lowest BCUT2D eigenvalue weighted by Crippen LogP contribution is -2.35. The molecule has 3 aromatic rings. The van der Waals surface area contributed by atoms with Crippen molar-refractivity contribution in [2.45, 2.75) is 13.8 Å². The van der Waals surface area contributed by atoms with E-state index < -0.39 is 5.91 Å². The highest BCUT2D eigenvalue weighted by Crippen LogP contribution is 2.29. The van der Waals surface area contributed by atoms with Crippen LogP contribution in [0.4, 0.5) is 0 Å². The van der Waals surface area contributed by atoms with E-state index in [9.17, 15) is 4.79 Å². The van der Waals surface area contributed by atoms with Crippen LogP contribution in [0.3, 0.4) is 0 Å². The molecule has 3 aromatic carbocycles. The molecule has 0 spiro atoms. The van der Waals surface area contributed by atoms with E-state index in [2.05, 4.69) is 23.1 Å². The minimum Gasteiger partial charge on any atom is -0.490 e. The summed E-state index contributed by atoms with van der Waals surface area (Å²) in [5.74, 6) is 1.76. The Hall–Kier alpha value is -4.37. The maximum atomic E-state index is 12.7. The number of hydrazone groups is 1. The lowest BCUT2D eigenvalue weighted by atomic mass is 10.1. The summed E-state index contributed by atoms with van der Waals surface area (Å²) in [4.78, 5) is 16.8. The summed E-state index contributed by atoms with van der Waals surface area (Å²) in [5, 5.41) is 15.3. The van der Waals surface area contributed by atoms with Gasteiger partial charge in [-0.05, 0) is 73.1 Å². The van der Waals surface area contributed by atoms with Crippen molar-refractivity contribution in [2.24, 2.45) is 10.1 Å². The smallest absolute Gasteiger partial charge is 0.283 e. The number of carbonyl (C=O) groups is 1. The summed E-state index contributed by atoms with van der Waals surface area (Å²) in [6.45, 7) is 5.12. The molecule has 0 saturated carbocycles. The zero-order chi connectivity index (χ0) is 26.5. The minimum atomic E-state index is -0.474. The maximum Gasteiger partial charge on any atom is 0.283 e. The Bertz CT molecular complexity index is 1450. The molecular weight excluding hydrogens is 500 g/mol. The highest BCUT2D eigenvalue weighted by molar-refractivity contribution is 8.27. The van der Waals surface area contributed by atoms with Crippen LogP contribution in [0.5, 0.6) is 17.2 Å². The number of aryl methyl sites for hydroxylation is 2. The molecule has 2 heterocycles. The van der Waals surface area contributed by atoms with Crippen molar-refractivity contribution in [1.82, 2.24) is 5.01 Å². The van der Waals surface area contributed by atoms with Crippen LogP contribution in [0.25, 0.3) is 6.08 Å². The Morgan fingerprint density at radius 2 is 1.66 bits per heavy atom. The Balaban J connectivity index is 1.17. The quantitative estimate of drug-likeness (QED) is 0.294. The molecule has 0 aliphatic carbocycles. The van der Waals surface area contributed by atoms with Crippen molar-refractivity contribution < 1.29 is 19.0 Å². The zero-order valence-corrected chi connectivity index (χ0v) is 21.8.